The van der Waals surface area contributed by atoms with Crippen molar-refractivity contribution in [1.82, 2.24) is 4.90 Å². The lowest BCUT2D eigenvalue weighted by Crippen LogP contribution is -2.34. The third-order valence-electron chi connectivity index (χ3n) is 3.85. The molecule has 1 aromatic carbocycles. The first kappa shape index (κ1) is 14.9. The van der Waals surface area contributed by atoms with Crippen LogP contribution in [0.2, 0.25) is 5.02 Å². The number of piperidine rings is 1. The van der Waals surface area contributed by atoms with Gasteiger partial charge in [-0.15, -0.1) is 0 Å². The highest BCUT2D eigenvalue weighted by Gasteiger charge is 2.18. The van der Waals surface area contributed by atoms with Crippen LogP contribution in [0.25, 0.3) is 0 Å². The predicted octanol–water partition coefficient (Wildman–Crippen LogP) is 3.72. The number of benzene rings is 1. The Morgan fingerprint density at radius 2 is 2.05 bits per heavy atom. The van der Waals surface area contributed by atoms with Crippen molar-refractivity contribution < 1.29 is 4.79 Å². The molecule has 0 aromatic heterocycles. The minimum Gasteiger partial charge on any atom is -0.370 e. The molecule has 0 spiro atoms. The quantitative estimate of drug-likeness (QED) is 0.903. The Balaban J connectivity index is 1.79. The zero-order valence-electron chi connectivity index (χ0n) is 12.3. The van der Waals surface area contributed by atoms with E-state index < -0.39 is 0 Å². The number of nitrogens with one attached hydrogen (secondary N) is 1. The van der Waals surface area contributed by atoms with Crippen LogP contribution in [0.3, 0.4) is 0 Å². The number of halogens is 1. The Hall–Kier alpha value is -2.01. The van der Waals surface area contributed by atoms with E-state index >= 15 is 0 Å². The van der Waals surface area contributed by atoms with Gasteiger partial charge in [0.1, 0.15) is 6.67 Å². The van der Waals surface area contributed by atoms with E-state index in [2.05, 4.69) is 15.2 Å². The zero-order valence-corrected chi connectivity index (χ0v) is 13.1. The molecule has 2 heterocycles. The van der Waals surface area contributed by atoms with Gasteiger partial charge < -0.3 is 10.2 Å². The summed E-state index contributed by atoms with van der Waals surface area (Å²) in [6, 6.07) is 5.45. The summed E-state index contributed by atoms with van der Waals surface area (Å²) in [5.74, 6) is 0. The highest BCUT2D eigenvalue weighted by atomic mass is 35.5. The predicted molar refractivity (Wildman–Crippen MR) is 90.9 cm³/mol. The van der Waals surface area contributed by atoms with Crippen LogP contribution in [0.15, 0.2) is 35.5 Å². The monoisotopic (exact) mass is 318 g/mol. The fourth-order valence-electron chi connectivity index (χ4n) is 2.72. The fourth-order valence-corrected chi connectivity index (χ4v) is 2.90. The van der Waals surface area contributed by atoms with Gasteiger partial charge in [0.15, 0.2) is 0 Å². The molecule has 1 fully saturated rings. The number of carbonyl (C=O) groups is 1. The molecule has 1 aromatic rings. The molecular formula is C16H19ClN4O. The van der Waals surface area contributed by atoms with Gasteiger partial charge in [0.2, 0.25) is 0 Å². The van der Waals surface area contributed by atoms with Crippen LogP contribution in [0.4, 0.5) is 16.2 Å². The third kappa shape index (κ3) is 3.42. The SMILES string of the molecule is O=C(Nc1cc(Cl)ccc1N1CCCCC1)N1C=CC=NC1. The Bertz CT molecular complexity index is 608. The summed E-state index contributed by atoms with van der Waals surface area (Å²) in [6.07, 6.45) is 8.77. The van der Waals surface area contributed by atoms with Crippen molar-refractivity contribution in [3.05, 3.63) is 35.5 Å². The summed E-state index contributed by atoms with van der Waals surface area (Å²) >= 11 is 6.10. The summed E-state index contributed by atoms with van der Waals surface area (Å²) in [6.45, 7) is 2.36. The van der Waals surface area contributed by atoms with Crippen LogP contribution in [0, 0.1) is 0 Å². The Morgan fingerprint density at radius 1 is 1.23 bits per heavy atom. The largest absolute Gasteiger partial charge is 0.370 e. The van der Waals surface area contributed by atoms with E-state index in [9.17, 15) is 4.79 Å². The molecule has 1 N–H and O–H groups in total. The molecule has 0 radical (unpaired) electrons. The number of aliphatic imine (C=N–C) groups is 1. The minimum atomic E-state index is -0.200. The second kappa shape index (κ2) is 6.83. The van der Waals surface area contributed by atoms with Crippen LogP contribution in [-0.2, 0) is 0 Å². The molecule has 2 aliphatic rings. The highest BCUT2D eigenvalue weighted by molar-refractivity contribution is 6.31. The van der Waals surface area contributed by atoms with Gasteiger partial charge in [0.25, 0.3) is 0 Å². The lowest BCUT2D eigenvalue weighted by molar-refractivity contribution is 0.229. The molecular weight excluding hydrogens is 300 g/mol. The van der Waals surface area contributed by atoms with Crippen molar-refractivity contribution in [3.8, 4) is 0 Å². The molecule has 0 saturated carbocycles. The van der Waals surface area contributed by atoms with E-state index in [0.29, 0.717) is 11.7 Å². The second-order valence-corrected chi connectivity index (χ2v) is 5.86. The topological polar surface area (TPSA) is 47.9 Å². The van der Waals surface area contributed by atoms with Crippen molar-refractivity contribution in [3.63, 3.8) is 0 Å². The van der Waals surface area contributed by atoms with Gasteiger partial charge in [-0.3, -0.25) is 9.89 Å². The number of nitrogens with zero attached hydrogens (tertiary/aromatic N) is 3. The summed E-state index contributed by atoms with van der Waals surface area (Å²) in [7, 11) is 0. The van der Waals surface area contributed by atoms with Crippen LogP contribution in [0.1, 0.15) is 19.3 Å². The van der Waals surface area contributed by atoms with Gasteiger partial charge >= 0.3 is 6.03 Å². The van der Waals surface area contributed by atoms with E-state index in [1.54, 1.807) is 24.6 Å². The van der Waals surface area contributed by atoms with Gasteiger partial charge in [-0.2, -0.15) is 0 Å². The van der Waals surface area contributed by atoms with Crippen molar-refractivity contribution >= 4 is 35.2 Å². The minimum absolute atomic E-state index is 0.200. The van der Waals surface area contributed by atoms with Crippen molar-refractivity contribution in [2.75, 3.05) is 30.0 Å². The van der Waals surface area contributed by atoms with E-state index in [4.69, 9.17) is 11.6 Å². The summed E-state index contributed by atoms with van der Waals surface area (Å²) < 4.78 is 0. The van der Waals surface area contributed by atoms with Crippen molar-refractivity contribution in [2.24, 2.45) is 4.99 Å². The van der Waals surface area contributed by atoms with E-state index in [-0.39, 0.29) is 6.03 Å². The third-order valence-corrected chi connectivity index (χ3v) is 4.08. The molecule has 0 atom stereocenters. The number of hydrogen-bond acceptors (Lipinski definition) is 3. The molecule has 22 heavy (non-hydrogen) atoms. The number of carbonyl (C=O) groups excluding carboxylic acids is 1. The fraction of sp³-hybridized carbons (Fsp3) is 0.375. The lowest BCUT2D eigenvalue weighted by atomic mass is 10.1. The molecule has 0 bridgehead atoms. The Labute approximate surface area is 135 Å². The first-order valence-electron chi connectivity index (χ1n) is 7.53. The van der Waals surface area contributed by atoms with Gasteiger partial charge in [0.05, 0.1) is 11.4 Å². The Kier molecular flexibility index (Phi) is 4.63. The first-order valence-corrected chi connectivity index (χ1v) is 7.90. The van der Waals surface area contributed by atoms with Crippen LogP contribution >= 0.6 is 11.6 Å². The average molecular weight is 319 g/mol. The molecule has 0 unspecified atom stereocenters. The van der Waals surface area contributed by atoms with E-state index in [0.717, 1.165) is 24.5 Å². The molecule has 0 aliphatic carbocycles. The number of amides is 2. The molecule has 116 valence electrons. The zero-order chi connectivity index (χ0) is 15.4. The summed E-state index contributed by atoms with van der Waals surface area (Å²) in [5.41, 5.74) is 1.78. The second-order valence-electron chi connectivity index (χ2n) is 5.42. The normalized spacial score (nSPS) is 17.7. The number of rotatable bonds is 2. The molecule has 3 rings (SSSR count). The number of urea groups is 1. The molecule has 6 heteroatoms. The van der Waals surface area contributed by atoms with Crippen LogP contribution in [0.5, 0.6) is 0 Å². The first-order chi connectivity index (χ1) is 10.7. The van der Waals surface area contributed by atoms with Crippen molar-refractivity contribution in [1.29, 1.82) is 0 Å². The average Bonchev–Trinajstić information content (AvgIpc) is 2.56. The number of anilines is 2. The number of hydrogen-bond donors (Lipinski definition) is 1. The standard InChI is InChI=1S/C16H19ClN4O/c17-13-5-6-15(20-8-2-1-3-9-20)14(11-13)19-16(22)21-10-4-7-18-12-21/h4-7,10-11H,1-3,8-9,12H2,(H,19,22). The molecule has 1 saturated heterocycles. The maximum Gasteiger partial charge on any atom is 0.327 e. The van der Waals surface area contributed by atoms with Crippen molar-refractivity contribution in [2.45, 2.75) is 19.3 Å². The van der Waals surface area contributed by atoms with Crippen LogP contribution in [-0.4, -0.2) is 36.9 Å². The lowest BCUT2D eigenvalue weighted by Gasteiger charge is -2.31. The van der Waals surface area contributed by atoms with E-state index in [1.807, 2.05) is 12.1 Å². The van der Waals surface area contributed by atoms with Gasteiger partial charge in [-0.25, -0.2) is 4.79 Å². The maximum atomic E-state index is 12.3. The van der Waals surface area contributed by atoms with Gasteiger partial charge in [-0.05, 0) is 43.5 Å². The van der Waals surface area contributed by atoms with Crippen LogP contribution < -0.4 is 10.2 Å². The summed E-state index contributed by atoms with van der Waals surface area (Å²) in [4.78, 5) is 20.2. The maximum absolute atomic E-state index is 12.3. The van der Waals surface area contributed by atoms with Gasteiger partial charge in [0, 0.05) is 30.5 Å². The molecule has 5 nitrogen and oxygen atoms in total. The highest BCUT2D eigenvalue weighted by Crippen LogP contribution is 2.31. The molecule has 2 aliphatic heterocycles. The van der Waals surface area contributed by atoms with E-state index in [1.165, 1.54) is 24.2 Å². The summed E-state index contributed by atoms with van der Waals surface area (Å²) in [5, 5.41) is 3.57. The number of allylic oxidation sites excluding steroid dienone is 1. The van der Waals surface area contributed by atoms with Gasteiger partial charge in [-0.1, -0.05) is 11.6 Å². The molecule has 2 amide bonds. The smallest absolute Gasteiger partial charge is 0.327 e. The Morgan fingerprint density at radius 3 is 2.77 bits per heavy atom.